The lowest BCUT2D eigenvalue weighted by Crippen LogP contribution is -1.98. The summed E-state index contributed by atoms with van der Waals surface area (Å²) in [5, 5.41) is 8.10. The lowest BCUT2D eigenvalue weighted by Gasteiger charge is -2.04. The molecule has 72 valence electrons. The monoisotopic (exact) mass is 208 g/mol. The van der Waals surface area contributed by atoms with E-state index < -0.39 is 0 Å². The van der Waals surface area contributed by atoms with Gasteiger partial charge in [-0.1, -0.05) is 17.7 Å². The summed E-state index contributed by atoms with van der Waals surface area (Å²) in [4.78, 5) is 0. The molecule has 2 aromatic rings. The van der Waals surface area contributed by atoms with E-state index in [4.69, 9.17) is 17.3 Å². The number of rotatable bonds is 2. The normalized spacial score (nSPS) is 10.4. The van der Waals surface area contributed by atoms with Gasteiger partial charge in [0.25, 0.3) is 0 Å². The topological polar surface area (TPSA) is 56.7 Å². The summed E-state index contributed by atoms with van der Waals surface area (Å²) in [7, 11) is 0. The van der Waals surface area contributed by atoms with E-state index >= 15 is 0 Å². The van der Waals surface area contributed by atoms with Crippen LogP contribution in [0.2, 0.25) is 5.02 Å². The Bertz CT molecular complexity index is 424. The smallest absolute Gasteiger partial charge is 0.123 e. The largest absolute Gasteiger partial charge is 0.326 e. The Morgan fingerprint density at radius 1 is 1.29 bits per heavy atom. The SMILES string of the molecule is NCc1ccc(-n2cnnc2)cc1Cl. The van der Waals surface area contributed by atoms with Crippen molar-refractivity contribution in [3.63, 3.8) is 0 Å². The maximum Gasteiger partial charge on any atom is 0.123 e. The first kappa shape index (κ1) is 9.18. The fourth-order valence-corrected chi connectivity index (χ4v) is 1.45. The summed E-state index contributed by atoms with van der Waals surface area (Å²) in [6, 6.07) is 5.67. The first-order chi connectivity index (χ1) is 6.81. The summed E-state index contributed by atoms with van der Waals surface area (Å²) in [5.41, 5.74) is 7.37. The second-order valence-corrected chi connectivity index (χ2v) is 3.26. The average molecular weight is 209 g/mol. The zero-order valence-electron chi connectivity index (χ0n) is 7.39. The number of benzene rings is 1. The molecule has 2 rings (SSSR count). The molecule has 0 amide bonds. The van der Waals surface area contributed by atoms with E-state index in [1.54, 1.807) is 17.2 Å². The van der Waals surface area contributed by atoms with Gasteiger partial charge < -0.3 is 5.73 Å². The van der Waals surface area contributed by atoms with Crippen LogP contribution < -0.4 is 5.73 Å². The van der Waals surface area contributed by atoms with Gasteiger partial charge in [0.15, 0.2) is 0 Å². The summed E-state index contributed by atoms with van der Waals surface area (Å²) in [5.74, 6) is 0. The second kappa shape index (κ2) is 3.77. The minimum absolute atomic E-state index is 0.446. The number of nitrogens with two attached hydrogens (primary N) is 1. The molecule has 0 atom stereocenters. The van der Waals surface area contributed by atoms with E-state index in [0.717, 1.165) is 11.3 Å². The van der Waals surface area contributed by atoms with Crippen molar-refractivity contribution in [3.8, 4) is 5.69 Å². The average Bonchev–Trinajstić information content (AvgIpc) is 2.70. The molecule has 0 bridgehead atoms. The van der Waals surface area contributed by atoms with E-state index in [2.05, 4.69) is 10.2 Å². The molecule has 1 aromatic carbocycles. The third kappa shape index (κ3) is 1.62. The first-order valence-electron chi connectivity index (χ1n) is 4.15. The van der Waals surface area contributed by atoms with Crippen molar-refractivity contribution in [2.45, 2.75) is 6.54 Å². The Kier molecular flexibility index (Phi) is 2.47. The predicted octanol–water partition coefficient (Wildman–Crippen LogP) is 1.38. The number of hydrogen-bond donors (Lipinski definition) is 1. The molecule has 0 radical (unpaired) electrons. The maximum atomic E-state index is 6.01. The van der Waals surface area contributed by atoms with E-state index in [1.165, 1.54) is 0 Å². The number of aromatic nitrogens is 3. The fourth-order valence-electron chi connectivity index (χ4n) is 1.20. The van der Waals surface area contributed by atoms with Crippen LogP contribution in [0.15, 0.2) is 30.9 Å². The number of halogens is 1. The van der Waals surface area contributed by atoms with Crippen LogP contribution in [0.25, 0.3) is 5.69 Å². The van der Waals surface area contributed by atoms with E-state index in [9.17, 15) is 0 Å². The van der Waals surface area contributed by atoms with Crippen molar-refractivity contribution < 1.29 is 0 Å². The molecule has 0 spiro atoms. The van der Waals surface area contributed by atoms with Crippen molar-refractivity contribution in [1.82, 2.24) is 14.8 Å². The number of nitrogens with zero attached hydrogens (tertiary/aromatic N) is 3. The third-order valence-electron chi connectivity index (χ3n) is 1.97. The molecule has 0 unspecified atom stereocenters. The first-order valence-corrected chi connectivity index (χ1v) is 4.52. The minimum Gasteiger partial charge on any atom is -0.326 e. The van der Waals surface area contributed by atoms with Gasteiger partial charge in [-0.3, -0.25) is 4.57 Å². The minimum atomic E-state index is 0.446. The van der Waals surface area contributed by atoms with E-state index in [1.807, 2.05) is 18.2 Å². The van der Waals surface area contributed by atoms with Crippen molar-refractivity contribution >= 4 is 11.6 Å². The van der Waals surface area contributed by atoms with Crippen molar-refractivity contribution in [3.05, 3.63) is 41.4 Å². The fraction of sp³-hybridized carbons (Fsp3) is 0.111. The quantitative estimate of drug-likeness (QED) is 0.811. The Morgan fingerprint density at radius 3 is 2.57 bits per heavy atom. The molecule has 5 heteroatoms. The second-order valence-electron chi connectivity index (χ2n) is 2.85. The molecular formula is C9H9ClN4. The van der Waals surface area contributed by atoms with Gasteiger partial charge in [0.2, 0.25) is 0 Å². The molecule has 4 nitrogen and oxygen atoms in total. The highest BCUT2D eigenvalue weighted by atomic mass is 35.5. The molecule has 14 heavy (non-hydrogen) atoms. The zero-order valence-corrected chi connectivity index (χ0v) is 8.15. The van der Waals surface area contributed by atoms with Crippen LogP contribution in [0.1, 0.15) is 5.56 Å². The van der Waals surface area contributed by atoms with Gasteiger partial charge in [0.1, 0.15) is 12.7 Å². The summed E-state index contributed by atoms with van der Waals surface area (Å²) in [6.07, 6.45) is 3.24. The highest BCUT2D eigenvalue weighted by molar-refractivity contribution is 6.31. The number of hydrogen-bond acceptors (Lipinski definition) is 3. The van der Waals surface area contributed by atoms with Crippen LogP contribution in [0.3, 0.4) is 0 Å². The molecular weight excluding hydrogens is 200 g/mol. The molecule has 0 fully saturated rings. The molecule has 0 aliphatic rings. The molecule has 0 aliphatic heterocycles. The van der Waals surface area contributed by atoms with Gasteiger partial charge in [-0.05, 0) is 17.7 Å². The Hall–Kier alpha value is -1.39. The maximum absolute atomic E-state index is 6.01. The molecule has 0 saturated heterocycles. The molecule has 1 aromatic heterocycles. The van der Waals surface area contributed by atoms with Crippen molar-refractivity contribution in [2.24, 2.45) is 5.73 Å². The molecule has 0 aliphatic carbocycles. The standard InChI is InChI=1S/C9H9ClN4/c10-9-3-8(2-1-7(9)4-11)14-5-12-13-6-14/h1-3,5-6H,4,11H2. The zero-order chi connectivity index (χ0) is 9.97. The lowest BCUT2D eigenvalue weighted by atomic mass is 10.2. The van der Waals surface area contributed by atoms with Gasteiger partial charge in [0, 0.05) is 17.3 Å². The molecule has 1 heterocycles. The van der Waals surface area contributed by atoms with Gasteiger partial charge in [-0.2, -0.15) is 0 Å². The van der Waals surface area contributed by atoms with Gasteiger partial charge in [0.05, 0.1) is 0 Å². The van der Waals surface area contributed by atoms with Crippen molar-refractivity contribution in [1.29, 1.82) is 0 Å². The van der Waals surface area contributed by atoms with Gasteiger partial charge in [-0.25, -0.2) is 0 Å². The van der Waals surface area contributed by atoms with Gasteiger partial charge in [-0.15, -0.1) is 10.2 Å². The van der Waals surface area contributed by atoms with Crippen molar-refractivity contribution in [2.75, 3.05) is 0 Å². The van der Waals surface area contributed by atoms with Crippen LogP contribution in [0, 0.1) is 0 Å². The lowest BCUT2D eigenvalue weighted by molar-refractivity contribution is 1.03. The third-order valence-corrected chi connectivity index (χ3v) is 2.33. The summed E-state index contributed by atoms with van der Waals surface area (Å²) < 4.78 is 1.78. The van der Waals surface area contributed by atoms with Crippen LogP contribution in [-0.4, -0.2) is 14.8 Å². The Balaban J connectivity index is 2.43. The molecule has 2 N–H and O–H groups in total. The van der Waals surface area contributed by atoms with E-state index in [0.29, 0.717) is 11.6 Å². The highest BCUT2D eigenvalue weighted by Gasteiger charge is 2.01. The Labute approximate surface area is 86.3 Å². The highest BCUT2D eigenvalue weighted by Crippen LogP contribution is 2.19. The molecule has 0 saturated carbocycles. The van der Waals surface area contributed by atoms with Crippen LogP contribution in [0.5, 0.6) is 0 Å². The van der Waals surface area contributed by atoms with Gasteiger partial charge >= 0.3 is 0 Å². The van der Waals surface area contributed by atoms with Crippen LogP contribution >= 0.6 is 11.6 Å². The predicted molar refractivity (Wildman–Crippen MR) is 54.3 cm³/mol. The van der Waals surface area contributed by atoms with Crippen LogP contribution in [0.4, 0.5) is 0 Å². The van der Waals surface area contributed by atoms with Crippen LogP contribution in [-0.2, 0) is 6.54 Å². The van der Waals surface area contributed by atoms with E-state index in [-0.39, 0.29) is 0 Å². The summed E-state index contributed by atoms with van der Waals surface area (Å²) in [6.45, 7) is 0.446. The summed E-state index contributed by atoms with van der Waals surface area (Å²) >= 11 is 6.01. The Morgan fingerprint density at radius 2 is 2.00 bits per heavy atom.